The highest BCUT2D eigenvalue weighted by atomic mass is 79.9. The van der Waals surface area contributed by atoms with Crippen molar-refractivity contribution in [2.75, 3.05) is 20.8 Å². The van der Waals surface area contributed by atoms with E-state index in [1.807, 2.05) is 11.4 Å². The predicted molar refractivity (Wildman–Crippen MR) is 91.8 cm³/mol. The molecule has 0 fully saturated rings. The number of thiophene rings is 1. The topological polar surface area (TPSA) is 30.5 Å². The molecule has 2 rings (SSSR count). The van der Waals surface area contributed by atoms with E-state index in [2.05, 4.69) is 47.2 Å². The Labute approximate surface area is 138 Å². The van der Waals surface area contributed by atoms with Crippen LogP contribution < -0.4 is 14.8 Å². The minimum Gasteiger partial charge on any atom is -0.496 e. The van der Waals surface area contributed by atoms with E-state index in [1.165, 1.54) is 0 Å². The molecule has 21 heavy (non-hydrogen) atoms. The van der Waals surface area contributed by atoms with Crippen LogP contribution in [0, 0.1) is 6.92 Å². The summed E-state index contributed by atoms with van der Waals surface area (Å²) in [5, 5.41) is 5.58. The highest BCUT2D eigenvalue weighted by Crippen LogP contribution is 2.40. The molecule has 1 unspecified atom stereocenters. The molecule has 0 bridgehead atoms. The summed E-state index contributed by atoms with van der Waals surface area (Å²) < 4.78 is 12.1. The van der Waals surface area contributed by atoms with Crippen molar-refractivity contribution in [3.8, 4) is 11.5 Å². The van der Waals surface area contributed by atoms with E-state index in [9.17, 15) is 0 Å². The van der Waals surface area contributed by atoms with Gasteiger partial charge in [-0.05, 0) is 42.6 Å². The van der Waals surface area contributed by atoms with Gasteiger partial charge in [0.2, 0.25) is 0 Å². The second-order valence-electron chi connectivity index (χ2n) is 4.69. The van der Waals surface area contributed by atoms with E-state index < -0.39 is 0 Å². The third kappa shape index (κ3) is 3.42. The summed E-state index contributed by atoms with van der Waals surface area (Å²) in [7, 11) is 3.41. The lowest BCUT2D eigenvalue weighted by molar-refractivity contribution is 0.396. The third-order valence-corrected chi connectivity index (χ3v) is 5.19. The van der Waals surface area contributed by atoms with Gasteiger partial charge in [-0.15, -0.1) is 11.3 Å². The highest BCUT2D eigenvalue weighted by molar-refractivity contribution is 9.10. The van der Waals surface area contributed by atoms with Gasteiger partial charge in [0.05, 0.1) is 25.1 Å². The van der Waals surface area contributed by atoms with Crippen LogP contribution in [0.1, 0.15) is 29.0 Å². The lowest BCUT2D eigenvalue weighted by atomic mass is 10.0. The Morgan fingerprint density at radius 1 is 1.24 bits per heavy atom. The van der Waals surface area contributed by atoms with E-state index in [-0.39, 0.29) is 6.04 Å². The second-order valence-corrected chi connectivity index (χ2v) is 6.49. The molecule has 5 heteroatoms. The number of hydrogen-bond acceptors (Lipinski definition) is 4. The Hall–Kier alpha value is -1.04. The first-order valence-electron chi connectivity index (χ1n) is 6.81. The SMILES string of the molecule is CCNC(c1cc(Br)c(C)cc1OC)c1sccc1OC. The first-order valence-corrected chi connectivity index (χ1v) is 8.48. The summed E-state index contributed by atoms with van der Waals surface area (Å²) in [4.78, 5) is 1.16. The van der Waals surface area contributed by atoms with Gasteiger partial charge in [0.15, 0.2) is 0 Å². The molecule has 0 saturated carbocycles. The van der Waals surface area contributed by atoms with Crippen molar-refractivity contribution in [3.05, 3.63) is 44.1 Å². The average molecular weight is 370 g/mol. The van der Waals surface area contributed by atoms with Crippen molar-refractivity contribution < 1.29 is 9.47 Å². The largest absolute Gasteiger partial charge is 0.496 e. The van der Waals surface area contributed by atoms with E-state index >= 15 is 0 Å². The number of aryl methyl sites for hydroxylation is 1. The fourth-order valence-electron chi connectivity index (χ4n) is 2.31. The van der Waals surface area contributed by atoms with Gasteiger partial charge >= 0.3 is 0 Å². The van der Waals surface area contributed by atoms with Gasteiger partial charge in [0.1, 0.15) is 11.5 Å². The van der Waals surface area contributed by atoms with Gasteiger partial charge in [-0.2, -0.15) is 0 Å². The molecule has 0 saturated heterocycles. The van der Waals surface area contributed by atoms with E-state index in [0.29, 0.717) is 0 Å². The smallest absolute Gasteiger partial charge is 0.134 e. The summed E-state index contributed by atoms with van der Waals surface area (Å²) in [5.41, 5.74) is 2.27. The van der Waals surface area contributed by atoms with Crippen LogP contribution in [-0.2, 0) is 0 Å². The zero-order chi connectivity index (χ0) is 15.4. The monoisotopic (exact) mass is 369 g/mol. The molecule has 1 atom stereocenters. The van der Waals surface area contributed by atoms with Crippen LogP contribution in [0.4, 0.5) is 0 Å². The summed E-state index contributed by atoms with van der Waals surface area (Å²) in [6, 6.07) is 6.24. The molecular weight excluding hydrogens is 350 g/mol. The molecule has 1 N–H and O–H groups in total. The normalized spacial score (nSPS) is 12.2. The van der Waals surface area contributed by atoms with Crippen LogP contribution in [0.5, 0.6) is 11.5 Å². The Kier molecular flexibility index (Phi) is 5.67. The fraction of sp³-hybridized carbons (Fsp3) is 0.375. The molecule has 0 spiro atoms. The lowest BCUT2D eigenvalue weighted by Gasteiger charge is -2.22. The predicted octanol–water partition coefficient (Wildman–Crippen LogP) is 4.54. The Balaban J connectivity index is 2.55. The maximum Gasteiger partial charge on any atom is 0.134 e. The molecule has 1 aromatic carbocycles. The van der Waals surface area contributed by atoms with E-state index in [4.69, 9.17) is 9.47 Å². The summed E-state index contributed by atoms with van der Waals surface area (Å²) >= 11 is 5.30. The molecule has 2 aromatic rings. The number of methoxy groups -OCH3 is 2. The molecule has 0 amide bonds. The van der Waals surface area contributed by atoms with Gasteiger partial charge in [-0.3, -0.25) is 0 Å². The zero-order valence-corrected chi connectivity index (χ0v) is 15.1. The van der Waals surface area contributed by atoms with Gasteiger partial charge in [-0.1, -0.05) is 22.9 Å². The van der Waals surface area contributed by atoms with Gasteiger partial charge < -0.3 is 14.8 Å². The average Bonchev–Trinajstić information content (AvgIpc) is 2.95. The third-order valence-electron chi connectivity index (χ3n) is 3.37. The number of ether oxygens (including phenoxy) is 2. The molecular formula is C16H20BrNO2S. The molecule has 3 nitrogen and oxygen atoms in total. The fourth-order valence-corrected chi connectivity index (χ4v) is 3.62. The van der Waals surface area contributed by atoms with Gasteiger partial charge in [-0.25, -0.2) is 0 Å². The quantitative estimate of drug-likeness (QED) is 0.810. The summed E-state index contributed by atoms with van der Waals surface area (Å²) in [6.07, 6.45) is 0. The van der Waals surface area contributed by atoms with Crippen molar-refractivity contribution in [1.29, 1.82) is 0 Å². The zero-order valence-electron chi connectivity index (χ0n) is 12.7. The molecule has 114 valence electrons. The van der Waals surface area contributed by atoms with Gasteiger partial charge in [0.25, 0.3) is 0 Å². The van der Waals surface area contributed by atoms with Crippen LogP contribution in [0.25, 0.3) is 0 Å². The van der Waals surface area contributed by atoms with Crippen LogP contribution >= 0.6 is 27.3 Å². The maximum atomic E-state index is 5.58. The Bertz CT molecular complexity index is 612. The van der Waals surface area contributed by atoms with E-state index in [1.54, 1.807) is 25.6 Å². The molecule has 0 aliphatic heterocycles. The second kappa shape index (κ2) is 7.29. The molecule has 1 aromatic heterocycles. The first kappa shape index (κ1) is 16.3. The Morgan fingerprint density at radius 3 is 2.57 bits per heavy atom. The van der Waals surface area contributed by atoms with Crippen LogP contribution in [0.2, 0.25) is 0 Å². The van der Waals surface area contributed by atoms with Crippen LogP contribution in [0.15, 0.2) is 28.1 Å². The maximum absolute atomic E-state index is 5.58. The number of rotatable bonds is 6. The number of benzene rings is 1. The van der Waals surface area contributed by atoms with E-state index in [0.717, 1.165) is 38.5 Å². The van der Waals surface area contributed by atoms with Crippen molar-refractivity contribution in [1.82, 2.24) is 5.32 Å². The Morgan fingerprint density at radius 2 is 1.95 bits per heavy atom. The summed E-state index contributed by atoms with van der Waals surface area (Å²) in [5.74, 6) is 1.79. The van der Waals surface area contributed by atoms with Gasteiger partial charge in [0, 0.05) is 10.0 Å². The van der Waals surface area contributed by atoms with Crippen LogP contribution in [0.3, 0.4) is 0 Å². The first-order chi connectivity index (χ1) is 10.1. The molecule has 1 heterocycles. The standard InChI is InChI=1S/C16H20BrNO2S/c1-5-18-15(16-13(19-3)6-7-21-16)11-9-12(17)10(2)8-14(11)20-4/h6-9,15,18H,5H2,1-4H3. The number of hydrogen-bond donors (Lipinski definition) is 1. The van der Waals surface area contributed by atoms with Crippen molar-refractivity contribution in [2.45, 2.75) is 19.9 Å². The minimum absolute atomic E-state index is 0.0526. The summed E-state index contributed by atoms with van der Waals surface area (Å²) in [6.45, 7) is 5.02. The minimum atomic E-state index is 0.0526. The molecule has 0 aliphatic carbocycles. The number of halogens is 1. The van der Waals surface area contributed by atoms with Crippen LogP contribution in [-0.4, -0.2) is 20.8 Å². The lowest BCUT2D eigenvalue weighted by Crippen LogP contribution is -2.22. The highest BCUT2D eigenvalue weighted by Gasteiger charge is 2.23. The molecule has 0 aliphatic rings. The number of nitrogens with one attached hydrogen (secondary N) is 1. The van der Waals surface area contributed by atoms with Crippen molar-refractivity contribution >= 4 is 27.3 Å². The van der Waals surface area contributed by atoms with Crippen molar-refractivity contribution in [3.63, 3.8) is 0 Å². The molecule has 0 radical (unpaired) electrons. The van der Waals surface area contributed by atoms with Crippen molar-refractivity contribution in [2.24, 2.45) is 0 Å².